The molecular formula is C25H22BrNO5. The molecule has 1 aliphatic rings. The van der Waals surface area contributed by atoms with Gasteiger partial charge in [-0.25, -0.2) is 0 Å². The molecule has 0 saturated carbocycles. The number of carbonyl (C=O) groups is 2. The van der Waals surface area contributed by atoms with Crippen molar-refractivity contribution in [2.24, 2.45) is 0 Å². The molecule has 7 heteroatoms. The number of Topliss-reactive ketones (excluding diaryl/α,β-unsaturated/α-hetero) is 1. The number of aryl methyl sites for hydroxylation is 3. The fourth-order valence-corrected chi connectivity index (χ4v) is 4.38. The van der Waals surface area contributed by atoms with Crippen LogP contribution in [0.2, 0.25) is 0 Å². The second kappa shape index (κ2) is 8.31. The van der Waals surface area contributed by atoms with Crippen LogP contribution in [0.25, 0.3) is 5.76 Å². The van der Waals surface area contributed by atoms with E-state index in [1.165, 1.54) is 12.0 Å². The number of anilines is 1. The molecule has 2 heterocycles. The molecule has 1 N–H and O–H groups in total. The Morgan fingerprint density at radius 2 is 1.75 bits per heavy atom. The van der Waals surface area contributed by atoms with Gasteiger partial charge in [-0.3, -0.25) is 14.5 Å². The van der Waals surface area contributed by atoms with Crippen molar-refractivity contribution in [3.8, 4) is 5.75 Å². The van der Waals surface area contributed by atoms with E-state index in [0.29, 0.717) is 28.5 Å². The van der Waals surface area contributed by atoms with Gasteiger partial charge in [0, 0.05) is 10.2 Å². The number of nitrogens with zero attached hydrogens (tertiary/aromatic N) is 1. The van der Waals surface area contributed by atoms with Crippen molar-refractivity contribution in [1.82, 2.24) is 0 Å². The van der Waals surface area contributed by atoms with Crippen molar-refractivity contribution >= 4 is 39.1 Å². The Kier molecular flexibility index (Phi) is 5.69. The quantitative estimate of drug-likeness (QED) is 0.289. The molecule has 4 rings (SSSR count). The molecule has 0 radical (unpaired) electrons. The molecule has 1 atom stereocenters. The molecule has 32 heavy (non-hydrogen) atoms. The largest absolute Gasteiger partial charge is 0.507 e. The summed E-state index contributed by atoms with van der Waals surface area (Å²) in [4.78, 5) is 27.7. The number of ketones is 1. The normalized spacial score (nSPS) is 17.8. The van der Waals surface area contributed by atoms with Crippen molar-refractivity contribution < 1.29 is 23.8 Å². The minimum absolute atomic E-state index is 0.0458. The number of carbonyl (C=O) groups excluding carboxylic acids is 2. The molecule has 1 saturated heterocycles. The number of aliphatic hydroxyl groups excluding tert-OH is 1. The lowest BCUT2D eigenvalue weighted by atomic mass is 9.96. The van der Waals surface area contributed by atoms with E-state index in [4.69, 9.17) is 9.15 Å². The zero-order valence-electron chi connectivity index (χ0n) is 18.1. The van der Waals surface area contributed by atoms with Crippen LogP contribution >= 0.6 is 15.9 Å². The van der Waals surface area contributed by atoms with E-state index >= 15 is 0 Å². The second-order valence-corrected chi connectivity index (χ2v) is 8.67. The van der Waals surface area contributed by atoms with E-state index in [9.17, 15) is 14.7 Å². The van der Waals surface area contributed by atoms with E-state index in [2.05, 4.69) is 15.9 Å². The fourth-order valence-electron chi connectivity index (χ4n) is 4.12. The van der Waals surface area contributed by atoms with Gasteiger partial charge >= 0.3 is 0 Å². The van der Waals surface area contributed by atoms with Gasteiger partial charge < -0.3 is 14.3 Å². The van der Waals surface area contributed by atoms with Crippen LogP contribution in [0.5, 0.6) is 5.75 Å². The number of halogens is 1. The first-order valence-electron chi connectivity index (χ1n) is 10.0. The highest BCUT2D eigenvalue weighted by atomic mass is 79.9. The van der Waals surface area contributed by atoms with Gasteiger partial charge in [0.15, 0.2) is 0 Å². The van der Waals surface area contributed by atoms with E-state index in [1.54, 1.807) is 49.4 Å². The molecule has 164 valence electrons. The summed E-state index contributed by atoms with van der Waals surface area (Å²) in [6.07, 6.45) is 0. The minimum Gasteiger partial charge on any atom is -0.507 e. The smallest absolute Gasteiger partial charge is 0.300 e. The van der Waals surface area contributed by atoms with Gasteiger partial charge in [0.1, 0.15) is 29.1 Å². The third kappa shape index (κ3) is 3.62. The third-order valence-electron chi connectivity index (χ3n) is 5.46. The van der Waals surface area contributed by atoms with E-state index < -0.39 is 17.7 Å². The number of hydrogen-bond donors (Lipinski definition) is 1. The fraction of sp³-hybridized carbons (Fsp3) is 0.200. The van der Waals surface area contributed by atoms with Gasteiger partial charge in [0.05, 0.1) is 18.2 Å². The summed E-state index contributed by atoms with van der Waals surface area (Å²) in [5.41, 5.74) is 2.52. The summed E-state index contributed by atoms with van der Waals surface area (Å²) in [7, 11) is 1.50. The Morgan fingerprint density at radius 3 is 2.34 bits per heavy atom. The summed E-state index contributed by atoms with van der Waals surface area (Å²) in [5.74, 6) is -0.371. The van der Waals surface area contributed by atoms with Gasteiger partial charge in [-0.15, -0.1) is 0 Å². The van der Waals surface area contributed by atoms with E-state index in [-0.39, 0.29) is 11.3 Å². The third-order valence-corrected chi connectivity index (χ3v) is 5.99. The molecule has 1 amide bonds. The maximum Gasteiger partial charge on any atom is 0.300 e. The molecule has 2 aromatic carbocycles. The maximum atomic E-state index is 13.2. The van der Waals surface area contributed by atoms with E-state index in [0.717, 1.165) is 15.6 Å². The minimum atomic E-state index is -0.921. The van der Waals surface area contributed by atoms with Crippen molar-refractivity contribution in [3.05, 3.63) is 86.8 Å². The average Bonchev–Trinajstić information content (AvgIpc) is 3.29. The molecule has 0 aliphatic carbocycles. The molecule has 3 aromatic rings. The van der Waals surface area contributed by atoms with Crippen LogP contribution in [0, 0.1) is 20.8 Å². The Bertz CT molecular complexity index is 1260. The van der Waals surface area contributed by atoms with Crippen LogP contribution in [-0.4, -0.2) is 23.9 Å². The molecule has 6 nitrogen and oxygen atoms in total. The SMILES string of the molecule is COc1c(C)cc(C)cc1/C(O)=C1\C(=O)C(=O)N(c2ccc(Br)cc2)C1c1ccc(C)o1. The molecular weight excluding hydrogens is 474 g/mol. The Morgan fingerprint density at radius 1 is 1.06 bits per heavy atom. The van der Waals surface area contributed by atoms with Crippen LogP contribution < -0.4 is 9.64 Å². The summed E-state index contributed by atoms with van der Waals surface area (Å²) in [6, 6.07) is 13.2. The number of ether oxygens (including phenoxy) is 1. The molecule has 1 unspecified atom stereocenters. The van der Waals surface area contributed by atoms with Crippen LogP contribution in [-0.2, 0) is 9.59 Å². The van der Waals surface area contributed by atoms with Gasteiger partial charge in [-0.2, -0.15) is 0 Å². The van der Waals surface area contributed by atoms with Crippen molar-refractivity contribution in [2.45, 2.75) is 26.8 Å². The Hall–Kier alpha value is -3.32. The molecule has 1 fully saturated rings. The number of aliphatic hydroxyl groups is 1. The van der Waals surface area contributed by atoms with Gasteiger partial charge in [0.25, 0.3) is 11.7 Å². The van der Waals surface area contributed by atoms with Crippen LogP contribution in [0.4, 0.5) is 5.69 Å². The number of benzene rings is 2. The highest BCUT2D eigenvalue weighted by Crippen LogP contribution is 2.44. The topological polar surface area (TPSA) is 80.0 Å². The van der Waals surface area contributed by atoms with Crippen LogP contribution in [0.3, 0.4) is 0 Å². The number of amides is 1. The van der Waals surface area contributed by atoms with Crippen molar-refractivity contribution in [1.29, 1.82) is 0 Å². The molecule has 1 aromatic heterocycles. The second-order valence-electron chi connectivity index (χ2n) is 7.76. The number of hydrogen-bond acceptors (Lipinski definition) is 5. The summed E-state index contributed by atoms with van der Waals surface area (Å²) in [5, 5.41) is 11.4. The molecule has 0 spiro atoms. The zero-order chi connectivity index (χ0) is 23.2. The first-order valence-corrected chi connectivity index (χ1v) is 10.8. The standard InChI is InChI=1S/C25H22BrNO5/c1-13-11-14(2)24(31-4)18(12-13)22(28)20-21(19-10-5-15(3)32-19)27(25(30)23(20)29)17-8-6-16(26)7-9-17/h5-12,21,28H,1-4H3/b22-20+. The first kappa shape index (κ1) is 21.9. The highest BCUT2D eigenvalue weighted by molar-refractivity contribution is 9.10. The van der Waals surface area contributed by atoms with Crippen molar-refractivity contribution in [3.63, 3.8) is 0 Å². The van der Waals surface area contributed by atoms with Crippen molar-refractivity contribution in [2.75, 3.05) is 12.0 Å². The predicted molar refractivity (Wildman–Crippen MR) is 125 cm³/mol. The lowest BCUT2D eigenvalue weighted by Gasteiger charge is -2.23. The lowest BCUT2D eigenvalue weighted by Crippen LogP contribution is -2.29. The van der Waals surface area contributed by atoms with Gasteiger partial charge in [-0.1, -0.05) is 22.0 Å². The highest BCUT2D eigenvalue weighted by Gasteiger charge is 2.48. The number of furan rings is 1. The Labute approximate surface area is 194 Å². The number of methoxy groups -OCH3 is 1. The average molecular weight is 496 g/mol. The molecule has 0 bridgehead atoms. The monoisotopic (exact) mass is 495 g/mol. The molecule has 1 aliphatic heterocycles. The first-order chi connectivity index (χ1) is 15.2. The van der Waals surface area contributed by atoms with E-state index in [1.807, 2.05) is 19.9 Å². The van der Waals surface area contributed by atoms with Gasteiger partial charge in [-0.05, 0) is 74.4 Å². The Balaban J connectivity index is 1.99. The summed E-state index contributed by atoms with van der Waals surface area (Å²) < 4.78 is 12.2. The lowest BCUT2D eigenvalue weighted by molar-refractivity contribution is -0.132. The predicted octanol–water partition coefficient (Wildman–Crippen LogP) is 5.60. The summed E-state index contributed by atoms with van der Waals surface area (Å²) in [6.45, 7) is 5.52. The zero-order valence-corrected chi connectivity index (χ0v) is 19.7. The van der Waals surface area contributed by atoms with Gasteiger partial charge in [0.2, 0.25) is 0 Å². The summed E-state index contributed by atoms with van der Waals surface area (Å²) >= 11 is 3.39. The number of rotatable bonds is 4. The van der Waals surface area contributed by atoms with Crippen LogP contribution in [0.1, 0.15) is 34.3 Å². The maximum absolute atomic E-state index is 13.2. The van der Waals surface area contributed by atoms with Crippen LogP contribution in [0.15, 0.2) is 63.0 Å².